The number of hydrogen-bond acceptors (Lipinski definition) is 5. The van der Waals surface area contributed by atoms with Crippen molar-refractivity contribution >= 4 is 18.3 Å². The Bertz CT molecular complexity index is 456. The maximum absolute atomic E-state index is 11.7. The second-order valence-electron chi connectivity index (χ2n) is 4.20. The summed E-state index contributed by atoms with van der Waals surface area (Å²) in [6.07, 6.45) is 0. The summed E-state index contributed by atoms with van der Waals surface area (Å²) in [5, 5.41) is 0. The van der Waals surface area contributed by atoms with Gasteiger partial charge in [-0.2, -0.15) is 0 Å². The number of rotatable bonds is 6. The molecular formula is C13H19ClN2O4. The normalized spacial score (nSPS) is 11.9. The summed E-state index contributed by atoms with van der Waals surface area (Å²) in [5.41, 5.74) is 6.39. The number of halogens is 1. The van der Waals surface area contributed by atoms with Crippen molar-refractivity contribution in [3.63, 3.8) is 0 Å². The van der Waals surface area contributed by atoms with E-state index in [2.05, 4.69) is 0 Å². The van der Waals surface area contributed by atoms with Crippen LogP contribution in [0.15, 0.2) is 18.2 Å². The standard InChI is InChI=1S/C13H18N2O4.ClH/c1-17-5-4-15(13(16)7-14)8-10-2-3-11-12(6-10)19-9-18-11;/h2-3,6H,4-5,7-9,14H2,1H3;1H. The number of amides is 1. The van der Waals surface area contributed by atoms with Gasteiger partial charge in [0.05, 0.1) is 13.2 Å². The lowest BCUT2D eigenvalue weighted by Gasteiger charge is -2.22. The fourth-order valence-electron chi connectivity index (χ4n) is 1.88. The summed E-state index contributed by atoms with van der Waals surface area (Å²) in [6, 6.07) is 5.64. The Kier molecular flexibility index (Phi) is 6.57. The van der Waals surface area contributed by atoms with Gasteiger partial charge in [-0.3, -0.25) is 4.79 Å². The zero-order valence-electron chi connectivity index (χ0n) is 11.3. The monoisotopic (exact) mass is 302 g/mol. The Hall–Kier alpha value is -1.50. The minimum atomic E-state index is -0.102. The van der Waals surface area contributed by atoms with E-state index in [1.165, 1.54) is 0 Å². The van der Waals surface area contributed by atoms with Crippen molar-refractivity contribution < 1.29 is 19.0 Å². The average Bonchev–Trinajstić information content (AvgIpc) is 2.90. The molecule has 1 aliphatic heterocycles. The van der Waals surface area contributed by atoms with Crippen LogP contribution in [-0.2, 0) is 16.1 Å². The largest absolute Gasteiger partial charge is 0.454 e. The van der Waals surface area contributed by atoms with Crippen LogP contribution in [-0.4, -0.2) is 44.4 Å². The highest BCUT2D eigenvalue weighted by Crippen LogP contribution is 2.32. The molecule has 7 heteroatoms. The van der Waals surface area contributed by atoms with Gasteiger partial charge in [0.1, 0.15) is 0 Å². The van der Waals surface area contributed by atoms with Crippen molar-refractivity contribution in [3.8, 4) is 11.5 Å². The van der Waals surface area contributed by atoms with Crippen LogP contribution in [0.1, 0.15) is 5.56 Å². The fraction of sp³-hybridized carbons (Fsp3) is 0.462. The average molecular weight is 303 g/mol. The van der Waals surface area contributed by atoms with Gasteiger partial charge in [-0.1, -0.05) is 6.07 Å². The van der Waals surface area contributed by atoms with E-state index in [4.69, 9.17) is 19.9 Å². The Balaban J connectivity index is 0.00000200. The number of carbonyl (C=O) groups excluding carboxylic acids is 1. The highest BCUT2D eigenvalue weighted by atomic mass is 35.5. The predicted octanol–water partition coefficient (Wildman–Crippen LogP) is 0.771. The summed E-state index contributed by atoms with van der Waals surface area (Å²) in [5.74, 6) is 1.34. The van der Waals surface area contributed by atoms with Crippen molar-refractivity contribution in [3.05, 3.63) is 23.8 Å². The van der Waals surface area contributed by atoms with Crippen LogP contribution >= 0.6 is 12.4 Å². The van der Waals surface area contributed by atoms with Crippen molar-refractivity contribution in [2.75, 3.05) is 33.6 Å². The lowest BCUT2D eigenvalue weighted by Crippen LogP contribution is -2.37. The third-order valence-corrected chi connectivity index (χ3v) is 2.90. The van der Waals surface area contributed by atoms with Gasteiger partial charge in [-0.15, -0.1) is 12.4 Å². The molecule has 0 fully saturated rings. The molecular weight excluding hydrogens is 284 g/mol. The first-order valence-corrected chi connectivity index (χ1v) is 6.10. The van der Waals surface area contributed by atoms with Crippen LogP contribution in [0.3, 0.4) is 0 Å². The molecule has 0 radical (unpaired) electrons. The van der Waals surface area contributed by atoms with Gasteiger partial charge in [0, 0.05) is 20.2 Å². The molecule has 0 saturated carbocycles. The first-order valence-electron chi connectivity index (χ1n) is 6.10. The second kappa shape index (κ2) is 7.94. The molecule has 0 spiro atoms. The molecule has 0 unspecified atom stereocenters. The number of methoxy groups -OCH3 is 1. The Morgan fingerprint density at radius 1 is 1.40 bits per heavy atom. The van der Waals surface area contributed by atoms with Crippen LogP contribution in [0.25, 0.3) is 0 Å². The number of ether oxygens (including phenoxy) is 3. The van der Waals surface area contributed by atoms with Crippen molar-refractivity contribution in [2.45, 2.75) is 6.54 Å². The van der Waals surface area contributed by atoms with Gasteiger partial charge < -0.3 is 24.8 Å². The SMILES string of the molecule is COCCN(Cc1ccc2c(c1)OCO2)C(=O)CN.Cl. The molecule has 6 nitrogen and oxygen atoms in total. The van der Waals surface area contributed by atoms with E-state index in [-0.39, 0.29) is 31.7 Å². The molecule has 0 aliphatic carbocycles. The van der Waals surface area contributed by atoms with E-state index >= 15 is 0 Å². The van der Waals surface area contributed by atoms with Gasteiger partial charge in [-0.25, -0.2) is 0 Å². The molecule has 0 saturated heterocycles. The first-order chi connectivity index (χ1) is 9.24. The molecule has 1 amide bonds. The zero-order chi connectivity index (χ0) is 13.7. The quantitative estimate of drug-likeness (QED) is 0.840. The van der Waals surface area contributed by atoms with Gasteiger partial charge in [0.25, 0.3) is 0 Å². The maximum Gasteiger partial charge on any atom is 0.236 e. The molecule has 2 rings (SSSR count). The molecule has 1 aromatic carbocycles. The van der Waals surface area contributed by atoms with E-state index < -0.39 is 0 Å². The zero-order valence-corrected chi connectivity index (χ0v) is 12.1. The smallest absolute Gasteiger partial charge is 0.236 e. The molecule has 1 aromatic rings. The van der Waals surface area contributed by atoms with E-state index in [1.54, 1.807) is 12.0 Å². The van der Waals surface area contributed by atoms with E-state index in [0.717, 1.165) is 11.3 Å². The first kappa shape index (κ1) is 16.6. The highest BCUT2D eigenvalue weighted by Gasteiger charge is 2.16. The minimum Gasteiger partial charge on any atom is -0.454 e. The number of nitrogens with two attached hydrogens (primary N) is 1. The molecule has 112 valence electrons. The van der Waals surface area contributed by atoms with Gasteiger partial charge in [0.2, 0.25) is 12.7 Å². The maximum atomic E-state index is 11.7. The minimum absolute atomic E-state index is 0. The predicted molar refractivity (Wildman–Crippen MR) is 76.2 cm³/mol. The Morgan fingerprint density at radius 3 is 2.85 bits per heavy atom. The molecule has 1 heterocycles. The van der Waals surface area contributed by atoms with Gasteiger partial charge in [0.15, 0.2) is 11.5 Å². The van der Waals surface area contributed by atoms with Crippen molar-refractivity contribution in [2.24, 2.45) is 5.73 Å². The lowest BCUT2D eigenvalue weighted by atomic mass is 10.2. The van der Waals surface area contributed by atoms with Crippen molar-refractivity contribution in [1.82, 2.24) is 4.90 Å². The van der Waals surface area contributed by atoms with E-state index in [0.29, 0.717) is 25.4 Å². The summed E-state index contributed by atoms with van der Waals surface area (Å²) < 4.78 is 15.6. The van der Waals surface area contributed by atoms with Crippen LogP contribution in [0, 0.1) is 0 Å². The van der Waals surface area contributed by atoms with Gasteiger partial charge in [-0.05, 0) is 17.7 Å². The molecule has 20 heavy (non-hydrogen) atoms. The Morgan fingerprint density at radius 2 is 2.15 bits per heavy atom. The molecule has 0 aromatic heterocycles. The highest BCUT2D eigenvalue weighted by molar-refractivity contribution is 5.85. The third-order valence-electron chi connectivity index (χ3n) is 2.90. The number of hydrogen-bond donors (Lipinski definition) is 1. The number of fused-ring (bicyclic) bond motifs is 1. The van der Waals surface area contributed by atoms with Crippen LogP contribution in [0.2, 0.25) is 0 Å². The van der Waals surface area contributed by atoms with Crippen LogP contribution in [0.4, 0.5) is 0 Å². The molecule has 0 bridgehead atoms. The van der Waals surface area contributed by atoms with Crippen LogP contribution in [0.5, 0.6) is 11.5 Å². The topological polar surface area (TPSA) is 74.0 Å². The molecule has 2 N–H and O–H groups in total. The number of benzene rings is 1. The molecule has 0 atom stereocenters. The summed E-state index contributed by atoms with van der Waals surface area (Å²) in [4.78, 5) is 13.4. The van der Waals surface area contributed by atoms with E-state index in [1.807, 2.05) is 18.2 Å². The second-order valence-corrected chi connectivity index (χ2v) is 4.20. The van der Waals surface area contributed by atoms with Gasteiger partial charge >= 0.3 is 0 Å². The van der Waals surface area contributed by atoms with Crippen molar-refractivity contribution in [1.29, 1.82) is 0 Å². The summed E-state index contributed by atoms with van der Waals surface area (Å²) in [6.45, 7) is 1.72. The Labute approximate surface area is 124 Å². The fourth-order valence-corrected chi connectivity index (χ4v) is 1.88. The number of nitrogens with zero attached hydrogens (tertiary/aromatic N) is 1. The summed E-state index contributed by atoms with van der Waals surface area (Å²) >= 11 is 0. The number of carbonyl (C=O) groups is 1. The van der Waals surface area contributed by atoms with Crippen LogP contribution < -0.4 is 15.2 Å². The van der Waals surface area contributed by atoms with E-state index in [9.17, 15) is 4.79 Å². The third kappa shape index (κ3) is 4.00. The lowest BCUT2D eigenvalue weighted by molar-refractivity contribution is -0.130. The molecule has 1 aliphatic rings. The summed E-state index contributed by atoms with van der Waals surface area (Å²) in [7, 11) is 1.60.